The molecule has 2 N–H and O–H groups in total. The average Bonchev–Trinajstić information content (AvgIpc) is 2.65. The third-order valence-electron chi connectivity index (χ3n) is 2.38. The van der Waals surface area contributed by atoms with E-state index in [0.717, 1.165) is 24.8 Å². The lowest BCUT2D eigenvalue weighted by atomic mass is 10.3. The molecule has 1 fully saturated rings. The van der Waals surface area contributed by atoms with Crippen molar-refractivity contribution in [2.24, 2.45) is 0 Å². The lowest BCUT2D eigenvalue weighted by molar-refractivity contribution is 0.0623. The summed E-state index contributed by atoms with van der Waals surface area (Å²) in [4.78, 5) is 0. The number of hydrogen-bond donors (Lipinski definition) is 2. The van der Waals surface area contributed by atoms with Gasteiger partial charge in [0.15, 0.2) is 5.11 Å². The van der Waals surface area contributed by atoms with Crippen LogP contribution < -0.4 is 10.6 Å². The molecule has 4 heteroatoms. The van der Waals surface area contributed by atoms with Crippen LogP contribution in [0.15, 0.2) is 0 Å². The van der Waals surface area contributed by atoms with E-state index in [1.54, 1.807) is 0 Å². The van der Waals surface area contributed by atoms with Gasteiger partial charge in [0.25, 0.3) is 0 Å². The van der Waals surface area contributed by atoms with Crippen LogP contribution in [0.2, 0.25) is 0 Å². The Morgan fingerprint density at radius 3 is 2.71 bits per heavy atom. The van der Waals surface area contributed by atoms with Gasteiger partial charge in [-0.2, -0.15) is 0 Å². The van der Waals surface area contributed by atoms with Gasteiger partial charge in [-0.05, 0) is 32.0 Å². The van der Waals surface area contributed by atoms with Crippen LogP contribution in [-0.2, 0) is 4.74 Å². The topological polar surface area (TPSA) is 33.3 Å². The largest absolute Gasteiger partial charge is 0.376 e. The quantitative estimate of drug-likeness (QED) is 0.538. The van der Waals surface area contributed by atoms with Gasteiger partial charge in [-0.15, -0.1) is 0 Å². The fourth-order valence-electron chi connectivity index (χ4n) is 1.67. The summed E-state index contributed by atoms with van der Waals surface area (Å²) in [5.74, 6) is 0. The second-order valence-electron chi connectivity index (χ2n) is 3.56. The molecule has 0 heterocycles. The van der Waals surface area contributed by atoms with Crippen LogP contribution in [0, 0.1) is 0 Å². The molecule has 3 nitrogen and oxygen atoms in total. The molecule has 0 aliphatic heterocycles. The Morgan fingerprint density at radius 1 is 1.36 bits per heavy atom. The summed E-state index contributed by atoms with van der Waals surface area (Å²) in [6, 6.07) is 0. The fourth-order valence-corrected chi connectivity index (χ4v) is 1.91. The Labute approximate surface area is 91.6 Å². The highest BCUT2D eigenvalue weighted by Crippen LogP contribution is 2.20. The van der Waals surface area contributed by atoms with Crippen LogP contribution in [0.25, 0.3) is 0 Å². The Bertz CT molecular complexity index is 170. The summed E-state index contributed by atoms with van der Waals surface area (Å²) in [5.41, 5.74) is 0. The van der Waals surface area contributed by atoms with Crippen molar-refractivity contribution in [2.75, 3.05) is 19.7 Å². The van der Waals surface area contributed by atoms with E-state index in [4.69, 9.17) is 17.0 Å². The highest BCUT2D eigenvalue weighted by atomic mass is 32.1. The van der Waals surface area contributed by atoms with Crippen LogP contribution >= 0.6 is 12.2 Å². The van der Waals surface area contributed by atoms with Crippen molar-refractivity contribution in [1.82, 2.24) is 10.6 Å². The summed E-state index contributed by atoms with van der Waals surface area (Å²) < 4.78 is 5.68. The lowest BCUT2D eigenvalue weighted by Crippen LogP contribution is -2.37. The molecule has 1 aliphatic carbocycles. The Morgan fingerprint density at radius 2 is 2.07 bits per heavy atom. The minimum absolute atomic E-state index is 0.504. The van der Waals surface area contributed by atoms with E-state index in [-0.39, 0.29) is 0 Å². The molecular weight excluding hydrogens is 196 g/mol. The zero-order valence-electron chi connectivity index (χ0n) is 8.84. The van der Waals surface area contributed by atoms with Gasteiger partial charge >= 0.3 is 0 Å². The third kappa shape index (κ3) is 4.77. The summed E-state index contributed by atoms with van der Waals surface area (Å²) in [6.07, 6.45) is 5.63. The van der Waals surface area contributed by atoms with E-state index in [1.165, 1.54) is 25.7 Å². The molecule has 1 aliphatic rings. The first-order valence-electron chi connectivity index (χ1n) is 5.46. The first-order valence-corrected chi connectivity index (χ1v) is 5.87. The maximum atomic E-state index is 5.68. The number of thiocarbonyl (C=S) groups is 1. The van der Waals surface area contributed by atoms with Gasteiger partial charge in [-0.25, -0.2) is 0 Å². The molecule has 0 aromatic rings. The summed E-state index contributed by atoms with van der Waals surface area (Å²) in [7, 11) is 0. The molecule has 0 aromatic carbocycles. The molecule has 0 atom stereocenters. The Balaban J connectivity index is 1.90. The maximum Gasteiger partial charge on any atom is 0.166 e. The fraction of sp³-hybridized carbons (Fsp3) is 0.900. The van der Waals surface area contributed by atoms with E-state index in [0.29, 0.717) is 6.10 Å². The van der Waals surface area contributed by atoms with Gasteiger partial charge in [0.2, 0.25) is 0 Å². The van der Waals surface area contributed by atoms with Crippen LogP contribution in [0.4, 0.5) is 0 Å². The average molecular weight is 216 g/mol. The van der Waals surface area contributed by atoms with Gasteiger partial charge in [0, 0.05) is 13.1 Å². The molecular formula is C10H20N2OS. The molecule has 0 saturated heterocycles. The molecule has 0 unspecified atom stereocenters. The van der Waals surface area contributed by atoms with Crippen LogP contribution in [0.3, 0.4) is 0 Å². The normalized spacial score (nSPS) is 16.9. The molecule has 14 heavy (non-hydrogen) atoms. The van der Waals surface area contributed by atoms with Crippen molar-refractivity contribution in [1.29, 1.82) is 0 Å². The van der Waals surface area contributed by atoms with E-state index >= 15 is 0 Å². The molecule has 82 valence electrons. The van der Waals surface area contributed by atoms with Crippen molar-refractivity contribution >= 4 is 17.3 Å². The van der Waals surface area contributed by atoms with Crippen molar-refractivity contribution in [3.63, 3.8) is 0 Å². The zero-order chi connectivity index (χ0) is 10.2. The van der Waals surface area contributed by atoms with E-state index in [9.17, 15) is 0 Å². The van der Waals surface area contributed by atoms with E-state index in [1.807, 2.05) is 6.92 Å². The van der Waals surface area contributed by atoms with Crippen LogP contribution in [0.5, 0.6) is 0 Å². The minimum atomic E-state index is 0.504. The molecule has 0 spiro atoms. The molecule has 0 bridgehead atoms. The molecule has 1 saturated carbocycles. The summed E-state index contributed by atoms with van der Waals surface area (Å²) in [6.45, 7) is 4.47. The SMILES string of the molecule is CCNC(=S)NCCOC1CCCC1. The molecule has 1 rings (SSSR count). The zero-order valence-corrected chi connectivity index (χ0v) is 9.66. The van der Waals surface area contributed by atoms with Gasteiger partial charge in [0.05, 0.1) is 12.7 Å². The monoisotopic (exact) mass is 216 g/mol. The van der Waals surface area contributed by atoms with Gasteiger partial charge in [-0.1, -0.05) is 12.8 Å². The Hall–Kier alpha value is -0.350. The summed E-state index contributed by atoms with van der Waals surface area (Å²) >= 11 is 5.02. The maximum absolute atomic E-state index is 5.68. The molecule has 0 amide bonds. The van der Waals surface area contributed by atoms with Gasteiger partial charge < -0.3 is 15.4 Å². The first kappa shape index (κ1) is 11.7. The third-order valence-corrected chi connectivity index (χ3v) is 2.67. The van der Waals surface area contributed by atoms with Crippen molar-refractivity contribution in [3.05, 3.63) is 0 Å². The van der Waals surface area contributed by atoms with Crippen molar-refractivity contribution in [3.8, 4) is 0 Å². The Kier molecular flexibility index (Phi) is 5.87. The second kappa shape index (κ2) is 7.01. The number of hydrogen-bond acceptors (Lipinski definition) is 2. The first-order chi connectivity index (χ1) is 6.83. The van der Waals surface area contributed by atoms with Crippen LogP contribution in [-0.4, -0.2) is 30.9 Å². The minimum Gasteiger partial charge on any atom is -0.376 e. The number of ether oxygens (including phenoxy) is 1. The van der Waals surface area contributed by atoms with Crippen molar-refractivity contribution in [2.45, 2.75) is 38.7 Å². The smallest absolute Gasteiger partial charge is 0.166 e. The number of rotatable bonds is 5. The van der Waals surface area contributed by atoms with E-state index < -0.39 is 0 Å². The van der Waals surface area contributed by atoms with Gasteiger partial charge in [-0.3, -0.25) is 0 Å². The number of nitrogens with one attached hydrogen (secondary N) is 2. The van der Waals surface area contributed by atoms with Crippen molar-refractivity contribution < 1.29 is 4.74 Å². The standard InChI is InChI=1S/C10H20N2OS/c1-2-11-10(14)12-7-8-13-9-5-3-4-6-9/h9H,2-8H2,1H3,(H2,11,12,14). The second-order valence-corrected chi connectivity index (χ2v) is 3.97. The molecule has 0 radical (unpaired) electrons. The van der Waals surface area contributed by atoms with E-state index in [2.05, 4.69) is 10.6 Å². The predicted octanol–water partition coefficient (Wildman–Crippen LogP) is 1.43. The highest BCUT2D eigenvalue weighted by molar-refractivity contribution is 7.80. The predicted molar refractivity (Wildman–Crippen MR) is 62.5 cm³/mol. The summed E-state index contributed by atoms with van der Waals surface area (Å²) in [5, 5.41) is 6.87. The molecule has 0 aromatic heterocycles. The van der Waals surface area contributed by atoms with Gasteiger partial charge in [0.1, 0.15) is 0 Å². The van der Waals surface area contributed by atoms with Crippen LogP contribution in [0.1, 0.15) is 32.6 Å². The lowest BCUT2D eigenvalue weighted by Gasteiger charge is -2.12. The highest BCUT2D eigenvalue weighted by Gasteiger charge is 2.14.